The first kappa shape index (κ1) is 23.1. The molecule has 4 rings (SSSR count). The SMILES string of the molecule is CN(C(=O)C1CCCCC1)C1CCC(C(=O)N(C2CCCCC2)C2CCCCC2)CC1. The maximum atomic E-state index is 13.8. The zero-order chi connectivity index (χ0) is 21.6. The number of carbonyl (C=O) groups is 2. The van der Waals surface area contributed by atoms with Crippen molar-refractivity contribution in [3.8, 4) is 0 Å². The number of hydrogen-bond donors (Lipinski definition) is 0. The predicted octanol–water partition coefficient (Wildman–Crippen LogP) is 6.08. The van der Waals surface area contributed by atoms with E-state index in [4.69, 9.17) is 0 Å². The molecule has 4 nitrogen and oxygen atoms in total. The average Bonchev–Trinajstić information content (AvgIpc) is 2.85. The molecule has 2 amide bonds. The summed E-state index contributed by atoms with van der Waals surface area (Å²) >= 11 is 0. The lowest BCUT2D eigenvalue weighted by Crippen LogP contribution is -2.52. The van der Waals surface area contributed by atoms with Gasteiger partial charge in [-0.3, -0.25) is 9.59 Å². The quantitative estimate of drug-likeness (QED) is 0.530. The molecule has 4 heteroatoms. The Labute approximate surface area is 190 Å². The van der Waals surface area contributed by atoms with Gasteiger partial charge in [0.1, 0.15) is 0 Å². The number of carbonyl (C=O) groups excluding carboxylic acids is 2. The van der Waals surface area contributed by atoms with Crippen molar-refractivity contribution in [1.29, 1.82) is 0 Å². The Morgan fingerprint density at radius 1 is 0.484 bits per heavy atom. The summed E-state index contributed by atoms with van der Waals surface area (Å²) in [6.07, 6.45) is 22.6. The van der Waals surface area contributed by atoms with Crippen LogP contribution in [0.2, 0.25) is 0 Å². The van der Waals surface area contributed by atoms with E-state index in [2.05, 4.69) is 9.80 Å². The highest BCUT2D eigenvalue weighted by atomic mass is 16.2. The van der Waals surface area contributed by atoms with Crippen LogP contribution in [0, 0.1) is 11.8 Å². The van der Waals surface area contributed by atoms with Crippen LogP contribution in [-0.2, 0) is 9.59 Å². The van der Waals surface area contributed by atoms with Gasteiger partial charge in [0.15, 0.2) is 0 Å². The summed E-state index contributed by atoms with van der Waals surface area (Å²) in [5.41, 5.74) is 0. The minimum absolute atomic E-state index is 0.193. The fourth-order valence-corrected chi connectivity index (χ4v) is 7.11. The lowest BCUT2D eigenvalue weighted by Gasteiger charge is -2.44. The van der Waals surface area contributed by atoms with Crippen LogP contribution in [0.25, 0.3) is 0 Å². The van der Waals surface area contributed by atoms with Crippen molar-refractivity contribution >= 4 is 11.8 Å². The van der Waals surface area contributed by atoms with Gasteiger partial charge >= 0.3 is 0 Å². The van der Waals surface area contributed by atoms with Gasteiger partial charge in [-0.1, -0.05) is 57.8 Å². The molecule has 0 aromatic rings. The van der Waals surface area contributed by atoms with Crippen molar-refractivity contribution in [2.45, 2.75) is 140 Å². The van der Waals surface area contributed by atoms with Crippen LogP contribution in [0.5, 0.6) is 0 Å². The second-order valence-electron chi connectivity index (χ2n) is 11.1. The highest BCUT2D eigenvalue weighted by Crippen LogP contribution is 2.36. The van der Waals surface area contributed by atoms with Crippen LogP contribution in [0.15, 0.2) is 0 Å². The first-order valence-corrected chi connectivity index (χ1v) is 13.7. The van der Waals surface area contributed by atoms with Gasteiger partial charge in [-0.15, -0.1) is 0 Å². The standard InChI is InChI=1S/C27H46N2O2/c1-28(26(30)21-11-5-2-6-12-21)23-19-17-22(18-20-23)27(31)29(24-13-7-3-8-14-24)25-15-9-4-10-16-25/h21-25H,2-20H2,1H3. The van der Waals surface area contributed by atoms with Gasteiger partial charge in [-0.05, 0) is 64.2 Å². The third kappa shape index (κ3) is 5.66. The third-order valence-corrected chi connectivity index (χ3v) is 9.09. The van der Waals surface area contributed by atoms with Crippen molar-refractivity contribution < 1.29 is 9.59 Å². The molecule has 0 unspecified atom stereocenters. The van der Waals surface area contributed by atoms with Crippen LogP contribution in [0.3, 0.4) is 0 Å². The van der Waals surface area contributed by atoms with Crippen molar-refractivity contribution in [3.63, 3.8) is 0 Å². The summed E-state index contributed by atoms with van der Waals surface area (Å²) in [5.74, 6) is 1.29. The summed E-state index contributed by atoms with van der Waals surface area (Å²) in [4.78, 5) is 31.3. The van der Waals surface area contributed by atoms with Crippen LogP contribution in [0.1, 0.15) is 122 Å². The van der Waals surface area contributed by atoms with Gasteiger partial charge in [0.05, 0.1) is 0 Å². The van der Waals surface area contributed by atoms with E-state index in [1.54, 1.807) is 0 Å². The van der Waals surface area contributed by atoms with E-state index >= 15 is 0 Å². The minimum Gasteiger partial charge on any atom is -0.343 e. The highest BCUT2D eigenvalue weighted by Gasteiger charge is 2.38. The summed E-state index contributed by atoms with van der Waals surface area (Å²) in [6.45, 7) is 0. The minimum atomic E-state index is 0.193. The van der Waals surface area contributed by atoms with E-state index in [9.17, 15) is 9.59 Å². The molecule has 4 aliphatic rings. The summed E-state index contributed by atoms with van der Waals surface area (Å²) in [5, 5.41) is 0. The molecule has 0 spiro atoms. The zero-order valence-electron chi connectivity index (χ0n) is 20.0. The lowest BCUT2D eigenvalue weighted by atomic mass is 9.81. The maximum absolute atomic E-state index is 13.8. The maximum Gasteiger partial charge on any atom is 0.226 e. The molecule has 0 aromatic carbocycles. The van der Waals surface area contributed by atoms with Gasteiger partial charge < -0.3 is 9.80 Å². The van der Waals surface area contributed by atoms with E-state index < -0.39 is 0 Å². The molecular formula is C27H46N2O2. The first-order valence-electron chi connectivity index (χ1n) is 13.7. The topological polar surface area (TPSA) is 40.6 Å². The van der Waals surface area contributed by atoms with Crippen LogP contribution in [0.4, 0.5) is 0 Å². The Kier molecular flexibility index (Phi) is 8.34. The molecular weight excluding hydrogens is 384 g/mol. The molecule has 176 valence electrons. The van der Waals surface area contributed by atoms with Crippen LogP contribution in [-0.4, -0.2) is 46.8 Å². The monoisotopic (exact) mass is 430 g/mol. The summed E-state index contributed by atoms with van der Waals surface area (Å²) in [7, 11) is 2.03. The molecule has 0 bridgehead atoms. The predicted molar refractivity (Wildman–Crippen MR) is 126 cm³/mol. The molecule has 0 radical (unpaired) electrons. The Morgan fingerprint density at radius 2 is 0.903 bits per heavy atom. The Bertz CT molecular complexity index is 562. The number of nitrogens with zero attached hydrogens (tertiary/aromatic N) is 2. The Balaban J connectivity index is 1.34. The highest BCUT2D eigenvalue weighted by molar-refractivity contribution is 5.80. The zero-order valence-corrected chi connectivity index (χ0v) is 20.0. The van der Waals surface area contributed by atoms with E-state index in [1.807, 2.05) is 7.05 Å². The van der Waals surface area contributed by atoms with Gasteiger partial charge in [-0.2, -0.15) is 0 Å². The normalized spacial score (nSPS) is 29.5. The fourth-order valence-electron chi connectivity index (χ4n) is 7.11. The molecule has 4 saturated carbocycles. The number of amides is 2. The van der Waals surface area contributed by atoms with E-state index in [-0.39, 0.29) is 11.8 Å². The van der Waals surface area contributed by atoms with E-state index in [0.717, 1.165) is 38.5 Å². The molecule has 0 aliphatic heterocycles. The molecule has 0 heterocycles. The molecule has 31 heavy (non-hydrogen) atoms. The van der Waals surface area contributed by atoms with Crippen LogP contribution < -0.4 is 0 Å². The molecule has 0 N–H and O–H groups in total. The van der Waals surface area contributed by atoms with E-state index in [1.165, 1.54) is 83.5 Å². The number of rotatable bonds is 5. The van der Waals surface area contributed by atoms with E-state index in [0.29, 0.717) is 29.9 Å². The first-order chi connectivity index (χ1) is 15.1. The Morgan fingerprint density at radius 3 is 1.39 bits per heavy atom. The summed E-state index contributed by atoms with van der Waals surface area (Å²) < 4.78 is 0. The average molecular weight is 431 g/mol. The van der Waals surface area contributed by atoms with Gasteiger partial charge in [0, 0.05) is 37.0 Å². The van der Waals surface area contributed by atoms with Gasteiger partial charge in [-0.25, -0.2) is 0 Å². The second-order valence-corrected chi connectivity index (χ2v) is 11.1. The van der Waals surface area contributed by atoms with Crippen molar-refractivity contribution in [3.05, 3.63) is 0 Å². The molecule has 0 aromatic heterocycles. The summed E-state index contributed by atoms with van der Waals surface area (Å²) in [6, 6.07) is 1.34. The third-order valence-electron chi connectivity index (χ3n) is 9.09. The molecule has 4 fully saturated rings. The van der Waals surface area contributed by atoms with Crippen molar-refractivity contribution in [2.75, 3.05) is 7.05 Å². The fraction of sp³-hybridized carbons (Fsp3) is 0.926. The van der Waals surface area contributed by atoms with Gasteiger partial charge in [0.2, 0.25) is 11.8 Å². The molecule has 4 aliphatic carbocycles. The van der Waals surface area contributed by atoms with Crippen molar-refractivity contribution in [2.24, 2.45) is 11.8 Å². The molecule has 0 atom stereocenters. The largest absolute Gasteiger partial charge is 0.343 e. The van der Waals surface area contributed by atoms with Crippen molar-refractivity contribution in [1.82, 2.24) is 9.80 Å². The number of hydrogen-bond acceptors (Lipinski definition) is 2. The lowest BCUT2D eigenvalue weighted by molar-refractivity contribution is -0.144. The second kappa shape index (κ2) is 11.2. The molecule has 0 saturated heterocycles. The van der Waals surface area contributed by atoms with Crippen LogP contribution >= 0.6 is 0 Å². The van der Waals surface area contributed by atoms with Gasteiger partial charge in [0.25, 0.3) is 0 Å². The Hall–Kier alpha value is -1.06. The smallest absolute Gasteiger partial charge is 0.226 e.